The van der Waals surface area contributed by atoms with Crippen LogP contribution in [0.25, 0.3) is 0 Å². The number of hydrogen-bond acceptors (Lipinski definition) is 2. The van der Waals surface area contributed by atoms with E-state index in [1.165, 1.54) is 17.5 Å². The van der Waals surface area contributed by atoms with Crippen molar-refractivity contribution in [1.29, 1.82) is 0 Å². The predicted molar refractivity (Wildman–Crippen MR) is 77.7 cm³/mol. The van der Waals surface area contributed by atoms with E-state index in [4.69, 9.17) is 0 Å². The summed E-state index contributed by atoms with van der Waals surface area (Å²) in [5.41, 5.74) is 2.75. The zero-order valence-electron chi connectivity index (χ0n) is 12.1. The Hall–Kier alpha value is -1.31. The van der Waals surface area contributed by atoms with Gasteiger partial charge in [-0.25, -0.2) is 0 Å². The largest absolute Gasteiger partial charge is 0.508 e. The summed E-state index contributed by atoms with van der Waals surface area (Å²) in [6.45, 7) is 2.22. The van der Waals surface area contributed by atoms with Gasteiger partial charge in [-0.05, 0) is 73.1 Å². The molecule has 3 aliphatic rings. The first kappa shape index (κ1) is 12.4. The van der Waals surface area contributed by atoms with Gasteiger partial charge < -0.3 is 5.11 Å². The average Bonchev–Trinajstić information content (AvgIpc) is 2.74. The number of phenols is 1. The molecule has 2 saturated carbocycles. The van der Waals surface area contributed by atoms with Gasteiger partial charge in [0, 0.05) is 11.8 Å². The quantitative estimate of drug-likeness (QED) is 0.778. The lowest BCUT2D eigenvalue weighted by atomic mass is 9.55. The lowest BCUT2D eigenvalue weighted by Crippen LogP contribution is -2.42. The van der Waals surface area contributed by atoms with E-state index in [0.29, 0.717) is 29.3 Å². The number of aryl methyl sites for hydroxylation is 1. The number of carbonyl (C=O) groups is 1. The van der Waals surface area contributed by atoms with Gasteiger partial charge in [-0.1, -0.05) is 13.0 Å². The summed E-state index contributed by atoms with van der Waals surface area (Å²) in [6.07, 6.45) is 6.34. The molecule has 1 aromatic carbocycles. The Kier molecular flexibility index (Phi) is 2.55. The molecule has 2 heteroatoms. The number of aromatic hydroxyl groups is 1. The van der Waals surface area contributed by atoms with Crippen LogP contribution in [0.4, 0.5) is 0 Å². The van der Waals surface area contributed by atoms with Gasteiger partial charge in [-0.3, -0.25) is 4.79 Å². The van der Waals surface area contributed by atoms with Crippen LogP contribution in [0, 0.1) is 17.3 Å². The molecule has 106 valence electrons. The minimum atomic E-state index is -0.0322. The van der Waals surface area contributed by atoms with Crippen molar-refractivity contribution in [3.05, 3.63) is 29.3 Å². The average molecular weight is 270 g/mol. The summed E-state index contributed by atoms with van der Waals surface area (Å²) in [6, 6.07) is 5.90. The third kappa shape index (κ3) is 1.54. The van der Waals surface area contributed by atoms with Gasteiger partial charge in [-0.2, -0.15) is 0 Å². The highest BCUT2D eigenvalue weighted by Gasteiger charge is 2.54. The summed E-state index contributed by atoms with van der Waals surface area (Å²) in [4.78, 5) is 12.3. The third-order valence-corrected chi connectivity index (χ3v) is 6.42. The standard InChI is InChI=1S/C18H22O2/c1-18-9-8-14-13-5-3-12(19)10-11(13)2-4-15(14)16(18)6-7-17(18)20/h3,5,10,14-16,19H,2,4,6-9H2,1H3/t14-,15+,16-,18+/m1/s1. The number of phenolic OH excluding ortho intramolecular Hbond substituents is 1. The Morgan fingerprint density at radius 1 is 1.20 bits per heavy atom. The van der Waals surface area contributed by atoms with Crippen molar-refractivity contribution in [2.24, 2.45) is 17.3 Å². The Morgan fingerprint density at radius 3 is 2.90 bits per heavy atom. The fraction of sp³-hybridized carbons (Fsp3) is 0.611. The molecule has 0 unspecified atom stereocenters. The van der Waals surface area contributed by atoms with Crippen LogP contribution in [0.15, 0.2) is 18.2 Å². The summed E-state index contributed by atoms with van der Waals surface area (Å²) in [5, 5.41) is 9.67. The lowest BCUT2D eigenvalue weighted by Gasteiger charge is -2.48. The Labute approximate surface area is 120 Å². The highest BCUT2D eigenvalue weighted by Crippen LogP contribution is 2.59. The molecule has 4 atom stereocenters. The zero-order chi connectivity index (χ0) is 13.9. The van der Waals surface area contributed by atoms with Crippen molar-refractivity contribution >= 4 is 5.78 Å². The molecule has 3 aliphatic carbocycles. The van der Waals surface area contributed by atoms with Crippen molar-refractivity contribution in [3.8, 4) is 5.75 Å². The van der Waals surface area contributed by atoms with Gasteiger partial charge in [0.2, 0.25) is 0 Å². The number of fused-ring (bicyclic) bond motifs is 5. The van der Waals surface area contributed by atoms with Crippen molar-refractivity contribution in [2.75, 3.05) is 0 Å². The molecule has 0 aromatic heterocycles. The maximum absolute atomic E-state index is 12.3. The van der Waals surface area contributed by atoms with E-state index in [9.17, 15) is 9.90 Å². The van der Waals surface area contributed by atoms with Crippen molar-refractivity contribution in [3.63, 3.8) is 0 Å². The molecule has 0 bridgehead atoms. The second-order valence-corrected chi connectivity index (χ2v) is 7.22. The molecule has 20 heavy (non-hydrogen) atoms. The van der Waals surface area contributed by atoms with E-state index in [1.807, 2.05) is 12.1 Å². The van der Waals surface area contributed by atoms with Crippen LogP contribution in [-0.4, -0.2) is 10.9 Å². The van der Waals surface area contributed by atoms with Crippen LogP contribution in [0.2, 0.25) is 0 Å². The van der Waals surface area contributed by atoms with E-state index in [0.717, 1.165) is 32.1 Å². The number of Topliss-reactive ketones (excluding diaryl/α,β-unsaturated/α-hetero) is 1. The van der Waals surface area contributed by atoms with Crippen LogP contribution >= 0.6 is 0 Å². The molecule has 1 N–H and O–H groups in total. The highest BCUT2D eigenvalue weighted by atomic mass is 16.3. The first-order valence-corrected chi connectivity index (χ1v) is 7.95. The van der Waals surface area contributed by atoms with Crippen LogP contribution < -0.4 is 0 Å². The molecule has 1 aromatic rings. The number of hydrogen-bond donors (Lipinski definition) is 1. The molecule has 0 heterocycles. The normalized spacial score (nSPS) is 39.0. The molecule has 0 saturated heterocycles. The topological polar surface area (TPSA) is 37.3 Å². The van der Waals surface area contributed by atoms with E-state index in [-0.39, 0.29) is 5.41 Å². The molecule has 2 nitrogen and oxygen atoms in total. The molecule has 0 aliphatic heterocycles. The van der Waals surface area contributed by atoms with E-state index in [2.05, 4.69) is 13.0 Å². The van der Waals surface area contributed by atoms with Crippen LogP contribution in [0.3, 0.4) is 0 Å². The number of carbonyl (C=O) groups excluding carboxylic acids is 1. The number of ketones is 1. The first-order valence-electron chi connectivity index (χ1n) is 7.95. The summed E-state index contributed by atoms with van der Waals surface area (Å²) in [5.74, 6) is 2.78. The highest BCUT2D eigenvalue weighted by molar-refractivity contribution is 5.87. The van der Waals surface area contributed by atoms with Crippen molar-refractivity contribution < 1.29 is 9.90 Å². The van der Waals surface area contributed by atoms with Crippen molar-refractivity contribution in [1.82, 2.24) is 0 Å². The monoisotopic (exact) mass is 270 g/mol. The smallest absolute Gasteiger partial charge is 0.139 e. The summed E-state index contributed by atoms with van der Waals surface area (Å²) < 4.78 is 0. The van der Waals surface area contributed by atoms with Gasteiger partial charge in [0.25, 0.3) is 0 Å². The Bertz CT molecular complexity index is 577. The maximum Gasteiger partial charge on any atom is 0.139 e. The predicted octanol–water partition coefficient (Wildman–Crippen LogP) is 3.82. The second kappa shape index (κ2) is 4.09. The van der Waals surface area contributed by atoms with Crippen LogP contribution in [0.5, 0.6) is 5.75 Å². The summed E-state index contributed by atoms with van der Waals surface area (Å²) >= 11 is 0. The second-order valence-electron chi connectivity index (χ2n) is 7.22. The van der Waals surface area contributed by atoms with E-state index in [1.54, 1.807) is 0 Å². The molecular formula is C18H22O2. The van der Waals surface area contributed by atoms with Crippen LogP contribution in [0.1, 0.15) is 56.1 Å². The fourth-order valence-electron chi connectivity index (χ4n) is 5.34. The molecule has 4 rings (SSSR count). The van der Waals surface area contributed by atoms with Gasteiger partial charge in [0.15, 0.2) is 0 Å². The third-order valence-electron chi connectivity index (χ3n) is 6.42. The minimum absolute atomic E-state index is 0.0322. The molecular weight excluding hydrogens is 248 g/mol. The Morgan fingerprint density at radius 2 is 2.05 bits per heavy atom. The molecule has 0 amide bonds. The Balaban J connectivity index is 1.73. The SMILES string of the molecule is C[C@]12CC[C@@H]3c4ccc(O)cc4CC[C@@H]3[C@H]1CCC2=O. The first-order chi connectivity index (χ1) is 9.59. The van der Waals surface area contributed by atoms with Crippen LogP contribution in [-0.2, 0) is 11.2 Å². The maximum atomic E-state index is 12.3. The van der Waals surface area contributed by atoms with Crippen molar-refractivity contribution in [2.45, 2.75) is 51.4 Å². The molecule has 0 spiro atoms. The summed E-state index contributed by atoms with van der Waals surface area (Å²) in [7, 11) is 0. The van der Waals surface area contributed by atoms with Gasteiger partial charge >= 0.3 is 0 Å². The van der Waals surface area contributed by atoms with Gasteiger partial charge in [0.05, 0.1) is 0 Å². The van der Waals surface area contributed by atoms with E-state index < -0.39 is 0 Å². The minimum Gasteiger partial charge on any atom is -0.508 e. The van der Waals surface area contributed by atoms with Gasteiger partial charge in [0.1, 0.15) is 11.5 Å². The van der Waals surface area contributed by atoms with E-state index >= 15 is 0 Å². The fourth-order valence-corrected chi connectivity index (χ4v) is 5.34. The van der Waals surface area contributed by atoms with Gasteiger partial charge in [-0.15, -0.1) is 0 Å². The number of benzene rings is 1. The zero-order valence-corrected chi connectivity index (χ0v) is 12.1. The lowest BCUT2D eigenvalue weighted by molar-refractivity contribution is -0.129. The molecule has 2 fully saturated rings. The molecule has 0 radical (unpaired) electrons. The number of rotatable bonds is 0.